The Morgan fingerprint density at radius 3 is 2.75 bits per heavy atom. The number of aromatic nitrogens is 2. The van der Waals surface area contributed by atoms with E-state index in [1.807, 2.05) is 42.5 Å². The number of imidazole rings is 1. The van der Waals surface area contributed by atoms with E-state index >= 15 is 0 Å². The first-order chi connectivity index (χ1) is 13.7. The van der Waals surface area contributed by atoms with Gasteiger partial charge in [-0.2, -0.15) is 0 Å². The van der Waals surface area contributed by atoms with E-state index in [1.54, 1.807) is 14.2 Å². The summed E-state index contributed by atoms with van der Waals surface area (Å²) in [5, 5.41) is 3.42. The van der Waals surface area contributed by atoms with Crippen LogP contribution in [0.15, 0.2) is 53.7 Å². The molecule has 0 saturated heterocycles. The van der Waals surface area contributed by atoms with Gasteiger partial charge in [-0.3, -0.25) is 9.36 Å². The maximum Gasteiger partial charge on any atom is 0.209 e. The molecule has 0 fully saturated rings. The third-order valence-electron chi connectivity index (χ3n) is 5.57. The summed E-state index contributed by atoms with van der Waals surface area (Å²) < 4.78 is 13.4. The molecule has 2 heterocycles. The first-order valence-electron chi connectivity index (χ1n) is 9.44. The van der Waals surface area contributed by atoms with Gasteiger partial charge in [-0.1, -0.05) is 24.3 Å². The molecule has 2 aromatic carbocycles. The van der Waals surface area contributed by atoms with Gasteiger partial charge >= 0.3 is 0 Å². The minimum absolute atomic E-state index is 0.173. The zero-order chi connectivity index (χ0) is 19.3. The topological polar surface area (TPSA) is 65.4 Å². The van der Waals surface area contributed by atoms with E-state index in [1.165, 1.54) is 0 Å². The summed E-state index contributed by atoms with van der Waals surface area (Å²) in [5.74, 6) is 2.22. The Hall–Kier alpha value is -3.28. The number of rotatable bonds is 3. The van der Waals surface area contributed by atoms with Crippen molar-refractivity contribution in [1.29, 1.82) is 0 Å². The third-order valence-corrected chi connectivity index (χ3v) is 5.57. The molecule has 6 heteroatoms. The highest BCUT2D eigenvalue weighted by atomic mass is 16.5. The Bertz CT molecular complexity index is 1130. The van der Waals surface area contributed by atoms with Crippen molar-refractivity contribution in [3.63, 3.8) is 0 Å². The molecule has 0 bridgehead atoms. The van der Waals surface area contributed by atoms with Gasteiger partial charge in [-0.25, -0.2) is 4.98 Å². The molecule has 0 radical (unpaired) electrons. The van der Waals surface area contributed by atoms with Gasteiger partial charge in [0.1, 0.15) is 0 Å². The van der Waals surface area contributed by atoms with Gasteiger partial charge in [-0.15, -0.1) is 0 Å². The number of carbonyl (C=O) groups excluding carboxylic acids is 1. The van der Waals surface area contributed by atoms with Gasteiger partial charge in [0.2, 0.25) is 5.95 Å². The number of allylic oxidation sites excluding steroid dienone is 2. The van der Waals surface area contributed by atoms with Crippen LogP contribution in [0.3, 0.4) is 0 Å². The maximum absolute atomic E-state index is 13.0. The molecule has 0 spiro atoms. The van der Waals surface area contributed by atoms with Gasteiger partial charge in [0.25, 0.3) is 0 Å². The summed E-state index contributed by atoms with van der Waals surface area (Å²) >= 11 is 0. The smallest absolute Gasteiger partial charge is 0.209 e. The highest BCUT2D eigenvalue weighted by molar-refractivity contribution is 6.00. The molecule has 1 aliphatic heterocycles. The summed E-state index contributed by atoms with van der Waals surface area (Å²) in [4.78, 5) is 17.8. The number of fused-ring (bicyclic) bond motifs is 3. The lowest BCUT2D eigenvalue weighted by Gasteiger charge is -2.34. The molecule has 5 rings (SSSR count). The Labute approximate surface area is 162 Å². The van der Waals surface area contributed by atoms with Gasteiger partial charge in [0.05, 0.1) is 31.3 Å². The van der Waals surface area contributed by atoms with Gasteiger partial charge < -0.3 is 14.8 Å². The number of anilines is 1. The van der Waals surface area contributed by atoms with Crippen LogP contribution in [0.2, 0.25) is 0 Å². The van der Waals surface area contributed by atoms with Crippen LogP contribution in [-0.4, -0.2) is 29.6 Å². The number of Topliss-reactive ketones (excluding diaryl/α,β-unsaturated/α-hetero) is 1. The number of ketones is 1. The van der Waals surface area contributed by atoms with Crippen molar-refractivity contribution in [3.05, 3.63) is 59.3 Å². The van der Waals surface area contributed by atoms with E-state index in [4.69, 9.17) is 14.5 Å². The molecule has 0 saturated carbocycles. The number of hydrogen-bond donors (Lipinski definition) is 1. The first-order valence-corrected chi connectivity index (χ1v) is 9.44. The quantitative estimate of drug-likeness (QED) is 0.747. The minimum atomic E-state index is -0.309. The Balaban J connectivity index is 1.84. The number of hydrogen-bond acceptors (Lipinski definition) is 5. The molecule has 28 heavy (non-hydrogen) atoms. The molecule has 6 nitrogen and oxygen atoms in total. The van der Waals surface area contributed by atoms with E-state index < -0.39 is 0 Å². The average molecular weight is 375 g/mol. The number of nitrogens with zero attached hydrogens (tertiary/aromatic N) is 2. The van der Waals surface area contributed by atoms with Crippen LogP contribution in [0.1, 0.15) is 30.9 Å². The Kier molecular flexibility index (Phi) is 3.86. The molecule has 1 N–H and O–H groups in total. The lowest BCUT2D eigenvalue weighted by Crippen LogP contribution is -2.31. The number of carbonyl (C=O) groups is 1. The molecule has 3 aromatic rings. The number of methoxy groups -OCH3 is 2. The van der Waals surface area contributed by atoms with Crippen LogP contribution in [-0.2, 0) is 4.79 Å². The normalized spacial score (nSPS) is 18.5. The Morgan fingerprint density at radius 2 is 1.93 bits per heavy atom. The fourth-order valence-corrected chi connectivity index (χ4v) is 4.39. The predicted octanol–water partition coefficient (Wildman–Crippen LogP) is 4.08. The van der Waals surface area contributed by atoms with Crippen molar-refractivity contribution in [1.82, 2.24) is 9.55 Å². The fourth-order valence-electron chi connectivity index (χ4n) is 4.39. The second-order valence-electron chi connectivity index (χ2n) is 7.07. The second kappa shape index (κ2) is 6.41. The molecule has 0 amide bonds. The zero-order valence-electron chi connectivity index (χ0n) is 15.9. The summed E-state index contributed by atoms with van der Waals surface area (Å²) in [7, 11) is 3.26. The standard InChI is InChI=1S/C22H21N3O3/c1-27-18-12-5-7-13(21(18)28-2)20-19-15(9-6-11-17(19)26)24-22-23-14-8-3-4-10-16(14)25(20)22/h3-5,7-8,10,12,20H,6,9,11H2,1-2H3,(H,23,24)/t20-/m1/s1. The van der Waals surface area contributed by atoms with E-state index in [0.29, 0.717) is 17.9 Å². The summed E-state index contributed by atoms with van der Waals surface area (Å²) in [6, 6.07) is 13.5. The summed E-state index contributed by atoms with van der Waals surface area (Å²) in [6.07, 6.45) is 2.26. The van der Waals surface area contributed by atoms with Crippen LogP contribution in [0.25, 0.3) is 11.0 Å². The third kappa shape index (κ3) is 2.34. The Morgan fingerprint density at radius 1 is 1.07 bits per heavy atom. The minimum Gasteiger partial charge on any atom is -0.493 e. The summed E-state index contributed by atoms with van der Waals surface area (Å²) in [5.41, 5.74) is 4.53. The molecule has 2 aliphatic rings. The molecular formula is C22H21N3O3. The number of ether oxygens (including phenoxy) is 2. The van der Waals surface area contributed by atoms with Crippen molar-refractivity contribution in [2.24, 2.45) is 0 Å². The van der Waals surface area contributed by atoms with E-state index in [0.717, 1.165) is 46.7 Å². The molecular weight excluding hydrogens is 354 g/mol. The lowest BCUT2D eigenvalue weighted by molar-refractivity contribution is -0.116. The van der Waals surface area contributed by atoms with Crippen molar-refractivity contribution < 1.29 is 14.3 Å². The van der Waals surface area contributed by atoms with Crippen molar-refractivity contribution in [2.45, 2.75) is 25.3 Å². The first kappa shape index (κ1) is 16.9. The molecule has 0 unspecified atom stereocenters. The number of para-hydroxylation sites is 3. The highest BCUT2D eigenvalue weighted by Crippen LogP contribution is 2.47. The van der Waals surface area contributed by atoms with Gasteiger partial charge in [0.15, 0.2) is 17.3 Å². The van der Waals surface area contributed by atoms with Crippen LogP contribution >= 0.6 is 0 Å². The molecule has 142 valence electrons. The molecule has 1 aromatic heterocycles. The summed E-state index contributed by atoms with van der Waals surface area (Å²) in [6.45, 7) is 0. The monoisotopic (exact) mass is 375 g/mol. The SMILES string of the molecule is COc1cccc([C@@H]2C3=C(CCCC3=O)Nc3nc4ccccc4n32)c1OC. The highest BCUT2D eigenvalue weighted by Gasteiger charge is 2.38. The van der Waals surface area contributed by atoms with Crippen LogP contribution in [0, 0.1) is 0 Å². The van der Waals surface area contributed by atoms with E-state index in [9.17, 15) is 4.79 Å². The molecule has 1 aliphatic carbocycles. The predicted molar refractivity (Wildman–Crippen MR) is 107 cm³/mol. The van der Waals surface area contributed by atoms with Crippen LogP contribution in [0.5, 0.6) is 11.5 Å². The van der Waals surface area contributed by atoms with Crippen LogP contribution in [0.4, 0.5) is 5.95 Å². The second-order valence-corrected chi connectivity index (χ2v) is 7.07. The average Bonchev–Trinajstić information content (AvgIpc) is 3.10. The number of nitrogens with one attached hydrogen (secondary N) is 1. The number of benzene rings is 2. The van der Waals surface area contributed by atoms with Gasteiger partial charge in [-0.05, 0) is 31.0 Å². The van der Waals surface area contributed by atoms with Crippen molar-refractivity contribution in [2.75, 3.05) is 19.5 Å². The largest absolute Gasteiger partial charge is 0.493 e. The molecule has 1 atom stereocenters. The fraction of sp³-hybridized carbons (Fsp3) is 0.273. The van der Waals surface area contributed by atoms with Crippen molar-refractivity contribution >= 4 is 22.8 Å². The van der Waals surface area contributed by atoms with E-state index in [2.05, 4.69) is 9.88 Å². The maximum atomic E-state index is 13.0. The van der Waals surface area contributed by atoms with E-state index in [-0.39, 0.29) is 11.8 Å². The zero-order valence-corrected chi connectivity index (χ0v) is 15.9. The van der Waals surface area contributed by atoms with Gasteiger partial charge in [0, 0.05) is 23.3 Å². The lowest BCUT2D eigenvalue weighted by atomic mass is 9.85. The van der Waals surface area contributed by atoms with Crippen LogP contribution < -0.4 is 14.8 Å². The van der Waals surface area contributed by atoms with Crippen molar-refractivity contribution in [3.8, 4) is 11.5 Å².